The summed E-state index contributed by atoms with van der Waals surface area (Å²) >= 11 is 1.60. The Morgan fingerprint density at radius 1 is 1.21 bits per heavy atom. The zero-order chi connectivity index (χ0) is 13.7. The van der Waals surface area contributed by atoms with E-state index >= 15 is 0 Å². The van der Waals surface area contributed by atoms with E-state index in [2.05, 4.69) is 5.32 Å². The number of halogens is 2. The van der Waals surface area contributed by atoms with Crippen molar-refractivity contribution in [2.45, 2.75) is 43.0 Å². The Bertz CT molecular complexity index is 405. The number of nitrogens with one attached hydrogen (secondary N) is 1. The van der Waals surface area contributed by atoms with Crippen molar-refractivity contribution in [3.8, 4) is 0 Å². The van der Waals surface area contributed by atoms with Gasteiger partial charge in [0.25, 0.3) is 0 Å². The zero-order valence-electron chi connectivity index (χ0n) is 11.3. The molecule has 0 heterocycles. The van der Waals surface area contributed by atoms with Crippen LogP contribution >= 0.6 is 11.8 Å². The van der Waals surface area contributed by atoms with Crippen molar-refractivity contribution < 1.29 is 8.78 Å². The van der Waals surface area contributed by atoms with Gasteiger partial charge in [0, 0.05) is 16.7 Å². The molecule has 4 heteroatoms. The molecular weight excluding hydrogens is 264 g/mol. The summed E-state index contributed by atoms with van der Waals surface area (Å²) in [5, 5.41) is 3.38. The fourth-order valence-electron chi connectivity index (χ4n) is 2.74. The summed E-state index contributed by atoms with van der Waals surface area (Å²) in [6.45, 7) is 0. The summed E-state index contributed by atoms with van der Waals surface area (Å²) in [7, 11) is 1.99. The molecule has 1 nitrogen and oxygen atoms in total. The van der Waals surface area contributed by atoms with Crippen molar-refractivity contribution in [2.75, 3.05) is 12.8 Å². The molecule has 1 aromatic rings. The topological polar surface area (TPSA) is 12.0 Å². The maximum Gasteiger partial charge on any atom is 0.159 e. The van der Waals surface area contributed by atoms with Gasteiger partial charge in [-0.25, -0.2) is 8.78 Å². The first kappa shape index (κ1) is 14.8. The molecule has 0 bridgehead atoms. The molecule has 19 heavy (non-hydrogen) atoms. The normalized spacial score (nSPS) is 18.5. The predicted molar refractivity (Wildman–Crippen MR) is 76.5 cm³/mol. The van der Waals surface area contributed by atoms with Gasteiger partial charge in [0.05, 0.1) is 0 Å². The molecule has 2 rings (SSSR count). The Hall–Kier alpha value is -0.610. The smallest absolute Gasteiger partial charge is 0.159 e. The highest BCUT2D eigenvalue weighted by atomic mass is 32.2. The van der Waals surface area contributed by atoms with E-state index in [0.29, 0.717) is 6.04 Å². The van der Waals surface area contributed by atoms with Crippen molar-refractivity contribution in [2.24, 2.45) is 5.92 Å². The van der Waals surface area contributed by atoms with Crippen molar-refractivity contribution in [1.82, 2.24) is 5.32 Å². The molecule has 1 N–H and O–H groups in total. The average molecular weight is 285 g/mol. The Morgan fingerprint density at radius 3 is 2.58 bits per heavy atom. The molecular formula is C15H21F2NS. The van der Waals surface area contributed by atoms with Crippen LogP contribution in [0.1, 0.15) is 32.1 Å². The third kappa shape index (κ3) is 4.18. The van der Waals surface area contributed by atoms with Crippen LogP contribution in [0.25, 0.3) is 0 Å². The second kappa shape index (κ2) is 7.25. The van der Waals surface area contributed by atoms with Crippen molar-refractivity contribution in [3.63, 3.8) is 0 Å². The minimum Gasteiger partial charge on any atom is -0.316 e. The van der Waals surface area contributed by atoms with E-state index in [1.54, 1.807) is 17.8 Å². The predicted octanol–water partition coefficient (Wildman–Crippen LogP) is 4.23. The molecule has 0 radical (unpaired) electrons. The van der Waals surface area contributed by atoms with Crippen LogP contribution in [0.3, 0.4) is 0 Å². The van der Waals surface area contributed by atoms with E-state index in [9.17, 15) is 8.78 Å². The highest BCUT2D eigenvalue weighted by Crippen LogP contribution is 2.30. The van der Waals surface area contributed by atoms with E-state index in [1.807, 2.05) is 7.05 Å². The van der Waals surface area contributed by atoms with Gasteiger partial charge in [-0.3, -0.25) is 0 Å². The molecule has 1 aromatic carbocycles. The standard InChI is InChI=1S/C15H21F2NS/c1-18-15(11-5-3-2-4-6-11)10-19-12-7-8-13(16)14(17)9-12/h7-9,11,15,18H,2-6,10H2,1H3. The lowest BCUT2D eigenvalue weighted by Gasteiger charge is -2.29. The van der Waals surface area contributed by atoms with E-state index < -0.39 is 11.6 Å². The fourth-order valence-corrected chi connectivity index (χ4v) is 3.91. The van der Waals surface area contributed by atoms with Gasteiger partial charge in [0.1, 0.15) is 0 Å². The van der Waals surface area contributed by atoms with Crippen molar-refractivity contribution in [3.05, 3.63) is 29.8 Å². The van der Waals surface area contributed by atoms with Crippen LogP contribution in [0, 0.1) is 17.6 Å². The monoisotopic (exact) mass is 285 g/mol. The molecule has 1 fully saturated rings. The maximum atomic E-state index is 13.1. The molecule has 106 valence electrons. The number of thioether (sulfide) groups is 1. The van der Waals surface area contributed by atoms with E-state index in [0.717, 1.165) is 16.6 Å². The minimum atomic E-state index is -0.776. The van der Waals surface area contributed by atoms with Gasteiger partial charge in [-0.2, -0.15) is 0 Å². The van der Waals surface area contributed by atoms with Gasteiger partial charge >= 0.3 is 0 Å². The zero-order valence-corrected chi connectivity index (χ0v) is 12.1. The van der Waals surface area contributed by atoms with Crippen LogP contribution in [0.2, 0.25) is 0 Å². The van der Waals surface area contributed by atoms with Crippen LogP contribution in [0.15, 0.2) is 23.1 Å². The fraction of sp³-hybridized carbons (Fsp3) is 0.600. The van der Waals surface area contributed by atoms with Crippen LogP contribution in [0.5, 0.6) is 0 Å². The highest BCUT2D eigenvalue weighted by molar-refractivity contribution is 7.99. The van der Waals surface area contributed by atoms with Gasteiger partial charge in [-0.1, -0.05) is 19.3 Å². The van der Waals surface area contributed by atoms with Gasteiger partial charge in [-0.15, -0.1) is 11.8 Å². The number of hydrogen-bond acceptors (Lipinski definition) is 2. The van der Waals surface area contributed by atoms with Gasteiger partial charge in [0.15, 0.2) is 11.6 Å². The lowest BCUT2D eigenvalue weighted by atomic mass is 9.84. The lowest BCUT2D eigenvalue weighted by Crippen LogP contribution is -2.36. The first-order chi connectivity index (χ1) is 9.20. The second-order valence-corrected chi connectivity index (χ2v) is 6.27. The summed E-state index contributed by atoms with van der Waals surface area (Å²) in [6, 6.07) is 4.59. The molecule has 0 amide bonds. The minimum absolute atomic E-state index is 0.457. The molecule has 0 spiro atoms. The second-order valence-electron chi connectivity index (χ2n) is 5.18. The number of rotatable bonds is 5. The summed E-state index contributed by atoms with van der Waals surface area (Å²) in [6.07, 6.45) is 6.55. The number of hydrogen-bond donors (Lipinski definition) is 1. The first-order valence-electron chi connectivity index (χ1n) is 6.96. The summed E-state index contributed by atoms with van der Waals surface area (Å²) in [4.78, 5) is 0.801. The van der Waals surface area contributed by atoms with E-state index in [1.165, 1.54) is 44.2 Å². The van der Waals surface area contributed by atoms with E-state index in [-0.39, 0.29) is 0 Å². The van der Waals surface area contributed by atoms with Gasteiger partial charge in [-0.05, 0) is 44.0 Å². The van der Waals surface area contributed by atoms with E-state index in [4.69, 9.17) is 0 Å². The average Bonchev–Trinajstić information content (AvgIpc) is 2.44. The third-order valence-electron chi connectivity index (χ3n) is 3.91. The molecule has 1 atom stereocenters. The summed E-state index contributed by atoms with van der Waals surface area (Å²) < 4.78 is 26.0. The third-order valence-corrected chi connectivity index (χ3v) is 5.02. The molecule has 0 aromatic heterocycles. The van der Waals surface area contributed by atoms with Crippen molar-refractivity contribution >= 4 is 11.8 Å². The van der Waals surface area contributed by atoms with Gasteiger partial charge < -0.3 is 5.32 Å². The SMILES string of the molecule is CNC(CSc1ccc(F)c(F)c1)C1CCCCC1. The van der Waals surface area contributed by atoms with Crippen LogP contribution in [0.4, 0.5) is 8.78 Å². The van der Waals surface area contributed by atoms with Gasteiger partial charge in [0.2, 0.25) is 0 Å². The molecule has 1 aliphatic rings. The Balaban J connectivity index is 1.89. The Morgan fingerprint density at radius 2 is 1.95 bits per heavy atom. The molecule has 1 aliphatic carbocycles. The van der Waals surface area contributed by atoms with Crippen LogP contribution in [-0.2, 0) is 0 Å². The largest absolute Gasteiger partial charge is 0.316 e. The quantitative estimate of drug-likeness (QED) is 0.813. The number of benzene rings is 1. The maximum absolute atomic E-state index is 13.1. The Labute approximate surface area is 118 Å². The summed E-state index contributed by atoms with van der Waals surface area (Å²) in [5.41, 5.74) is 0. The van der Waals surface area contributed by atoms with Crippen LogP contribution in [-0.4, -0.2) is 18.8 Å². The summed E-state index contributed by atoms with van der Waals surface area (Å²) in [5.74, 6) is 0.0914. The highest BCUT2D eigenvalue weighted by Gasteiger charge is 2.22. The van der Waals surface area contributed by atoms with Crippen LogP contribution < -0.4 is 5.32 Å². The molecule has 1 saturated carbocycles. The first-order valence-corrected chi connectivity index (χ1v) is 7.94. The molecule has 0 aliphatic heterocycles. The Kier molecular flexibility index (Phi) is 5.64. The van der Waals surface area contributed by atoms with Crippen molar-refractivity contribution in [1.29, 1.82) is 0 Å². The lowest BCUT2D eigenvalue weighted by molar-refractivity contribution is 0.294. The molecule has 0 saturated heterocycles. The molecule has 1 unspecified atom stereocenters.